The molecule has 2 rings (SSSR count). The van der Waals surface area contributed by atoms with Crippen molar-refractivity contribution in [1.82, 2.24) is 14.9 Å². The van der Waals surface area contributed by atoms with Crippen LogP contribution in [0.2, 0.25) is 0 Å². The van der Waals surface area contributed by atoms with E-state index in [1.165, 1.54) is 0 Å². The highest BCUT2D eigenvalue weighted by Gasteiger charge is 2.26. The van der Waals surface area contributed by atoms with E-state index < -0.39 is 0 Å². The molecule has 0 radical (unpaired) electrons. The van der Waals surface area contributed by atoms with Crippen molar-refractivity contribution in [2.24, 2.45) is 5.92 Å². The van der Waals surface area contributed by atoms with E-state index in [1.807, 2.05) is 11.0 Å². The van der Waals surface area contributed by atoms with Gasteiger partial charge in [0.1, 0.15) is 0 Å². The van der Waals surface area contributed by atoms with E-state index in [-0.39, 0.29) is 5.92 Å². The minimum atomic E-state index is 0.199. The van der Waals surface area contributed by atoms with Crippen molar-refractivity contribution in [1.29, 1.82) is 0 Å². The third-order valence-corrected chi connectivity index (χ3v) is 4.17. The maximum absolute atomic E-state index is 12.6. The zero-order valence-corrected chi connectivity index (χ0v) is 13.2. The van der Waals surface area contributed by atoms with E-state index in [1.54, 1.807) is 12.4 Å². The Labute approximate surface area is 127 Å². The summed E-state index contributed by atoms with van der Waals surface area (Å²) in [4.78, 5) is 25.3. The maximum atomic E-state index is 12.6. The molecule has 1 aliphatic heterocycles. The predicted octanol–water partition coefficient (Wildman–Crippen LogP) is 2.34. The number of carbonyl (C=O) groups excluding carboxylic acids is 1. The number of carbonyl (C=O) groups is 1. The van der Waals surface area contributed by atoms with Gasteiger partial charge in [-0.3, -0.25) is 4.79 Å². The predicted molar refractivity (Wildman–Crippen MR) is 84.1 cm³/mol. The lowest BCUT2D eigenvalue weighted by Gasteiger charge is -2.36. The van der Waals surface area contributed by atoms with E-state index in [0.717, 1.165) is 57.8 Å². The fourth-order valence-electron chi connectivity index (χ4n) is 2.79. The second-order valence-electron chi connectivity index (χ2n) is 5.61. The zero-order valence-electron chi connectivity index (χ0n) is 13.2. The molecule has 1 fully saturated rings. The lowest BCUT2D eigenvalue weighted by molar-refractivity contribution is -0.136. The van der Waals surface area contributed by atoms with Crippen molar-refractivity contribution in [2.75, 3.05) is 31.1 Å². The second kappa shape index (κ2) is 7.96. The Morgan fingerprint density at radius 2 is 1.86 bits per heavy atom. The van der Waals surface area contributed by atoms with Gasteiger partial charge in [0.2, 0.25) is 11.9 Å². The monoisotopic (exact) mass is 290 g/mol. The Balaban J connectivity index is 1.86. The number of unbranched alkanes of at least 4 members (excludes halogenated alkanes) is 1. The van der Waals surface area contributed by atoms with Crippen molar-refractivity contribution in [2.45, 2.75) is 39.5 Å². The number of nitrogens with zero attached hydrogens (tertiary/aromatic N) is 4. The van der Waals surface area contributed by atoms with Crippen molar-refractivity contribution < 1.29 is 4.79 Å². The van der Waals surface area contributed by atoms with Gasteiger partial charge in [-0.1, -0.05) is 26.7 Å². The standard InChI is InChI=1S/C16H26N4O/c1-3-5-7-14(4-2)15(21)19-10-12-20(13-11-19)16-17-8-6-9-18-16/h6,8-9,14H,3-5,7,10-13H2,1-2H3. The lowest BCUT2D eigenvalue weighted by Crippen LogP contribution is -2.50. The minimum absolute atomic E-state index is 0.199. The van der Waals surface area contributed by atoms with Crippen molar-refractivity contribution >= 4 is 11.9 Å². The molecule has 0 spiro atoms. The van der Waals surface area contributed by atoms with E-state index in [0.29, 0.717) is 5.91 Å². The number of anilines is 1. The van der Waals surface area contributed by atoms with Crippen molar-refractivity contribution in [3.8, 4) is 0 Å². The number of rotatable bonds is 6. The van der Waals surface area contributed by atoms with Crippen LogP contribution in [0.25, 0.3) is 0 Å². The molecule has 1 aromatic rings. The normalized spacial score (nSPS) is 16.9. The Hall–Kier alpha value is -1.65. The van der Waals surface area contributed by atoms with Crippen molar-refractivity contribution in [3.05, 3.63) is 18.5 Å². The van der Waals surface area contributed by atoms with Gasteiger partial charge in [-0.25, -0.2) is 9.97 Å². The topological polar surface area (TPSA) is 49.3 Å². The fourth-order valence-corrected chi connectivity index (χ4v) is 2.79. The van der Waals surface area contributed by atoms with Crippen LogP contribution in [0, 0.1) is 5.92 Å². The quantitative estimate of drug-likeness (QED) is 0.807. The summed E-state index contributed by atoms with van der Waals surface area (Å²) in [5.41, 5.74) is 0. The van der Waals surface area contributed by atoms with Crippen LogP contribution in [0.1, 0.15) is 39.5 Å². The van der Waals surface area contributed by atoms with Crippen LogP contribution in [0.4, 0.5) is 5.95 Å². The molecular formula is C16H26N4O. The van der Waals surface area contributed by atoms with Gasteiger partial charge in [0, 0.05) is 44.5 Å². The van der Waals surface area contributed by atoms with Crippen LogP contribution >= 0.6 is 0 Å². The first-order valence-corrected chi connectivity index (χ1v) is 8.07. The average Bonchev–Trinajstić information content (AvgIpc) is 2.56. The van der Waals surface area contributed by atoms with Crippen LogP contribution < -0.4 is 4.90 Å². The van der Waals surface area contributed by atoms with Crippen LogP contribution in [0.3, 0.4) is 0 Å². The number of amides is 1. The summed E-state index contributed by atoms with van der Waals surface area (Å²) in [6.07, 6.45) is 7.79. The molecule has 0 aromatic carbocycles. The van der Waals surface area contributed by atoms with Gasteiger partial charge >= 0.3 is 0 Å². The summed E-state index contributed by atoms with van der Waals surface area (Å²) in [5, 5.41) is 0. The molecular weight excluding hydrogens is 264 g/mol. The van der Waals surface area contributed by atoms with E-state index in [4.69, 9.17) is 0 Å². The average molecular weight is 290 g/mol. The van der Waals surface area contributed by atoms with Gasteiger partial charge < -0.3 is 9.80 Å². The summed E-state index contributed by atoms with van der Waals surface area (Å²) in [6.45, 7) is 7.49. The molecule has 116 valence electrons. The summed E-state index contributed by atoms with van der Waals surface area (Å²) >= 11 is 0. The molecule has 0 N–H and O–H groups in total. The molecule has 0 bridgehead atoms. The number of piperazine rings is 1. The third kappa shape index (κ3) is 4.16. The molecule has 1 aliphatic rings. The SMILES string of the molecule is CCCCC(CC)C(=O)N1CCN(c2ncccn2)CC1. The van der Waals surface area contributed by atoms with Gasteiger partial charge in [0.15, 0.2) is 0 Å². The van der Waals surface area contributed by atoms with Crippen LogP contribution in [-0.2, 0) is 4.79 Å². The first-order chi connectivity index (χ1) is 10.3. The molecule has 0 saturated carbocycles. The Kier molecular flexibility index (Phi) is 5.96. The molecule has 0 aliphatic carbocycles. The molecule has 1 aromatic heterocycles. The van der Waals surface area contributed by atoms with E-state index in [2.05, 4.69) is 28.7 Å². The number of hydrogen-bond acceptors (Lipinski definition) is 4. The third-order valence-electron chi connectivity index (χ3n) is 4.17. The van der Waals surface area contributed by atoms with E-state index >= 15 is 0 Å². The first kappa shape index (κ1) is 15.7. The summed E-state index contributed by atoms with van der Waals surface area (Å²) in [7, 11) is 0. The molecule has 5 heteroatoms. The Bertz CT molecular complexity index is 429. The summed E-state index contributed by atoms with van der Waals surface area (Å²) in [6, 6.07) is 1.82. The van der Waals surface area contributed by atoms with Crippen molar-refractivity contribution in [3.63, 3.8) is 0 Å². The van der Waals surface area contributed by atoms with Gasteiger partial charge in [-0.15, -0.1) is 0 Å². The van der Waals surface area contributed by atoms with Gasteiger partial charge in [0.25, 0.3) is 0 Å². The highest BCUT2D eigenvalue weighted by Crippen LogP contribution is 2.18. The smallest absolute Gasteiger partial charge is 0.225 e. The molecule has 1 saturated heterocycles. The lowest BCUT2D eigenvalue weighted by atomic mass is 9.97. The second-order valence-corrected chi connectivity index (χ2v) is 5.61. The largest absolute Gasteiger partial charge is 0.339 e. The summed E-state index contributed by atoms with van der Waals surface area (Å²) in [5.74, 6) is 1.30. The Morgan fingerprint density at radius 1 is 1.19 bits per heavy atom. The molecule has 2 heterocycles. The molecule has 5 nitrogen and oxygen atoms in total. The maximum Gasteiger partial charge on any atom is 0.225 e. The summed E-state index contributed by atoms with van der Waals surface area (Å²) < 4.78 is 0. The van der Waals surface area contributed by atoms with Crippen LogP contribution in [0.5, 0.6) is 0 Å². The fraction of sp³-hybridized carbons (Fsp3) is 0.688. The highest BCUT2D eigenvalue weighted by atomic mass is 16.2. The minimum Gasteiger partial charge on any atom is -0.339 e. The number of hydrogen-bond donors (Lipinski definition) is 0. The Morgan fingerprint density at radius 3 is 2.43 bits per heavy atom. The molecule has 21 heavy (non-hydrogen) atoms. The van der Waals surface area contributed by atoms with Gasteiger partial charge in [-0.2, -0.15) is 0 Å². The molecule has 1 atom stereocenters. The number of aromatic nitrogens is 2. The molecule has 1 unspecified atom stereocenters. The zero-order chi connectivity index (χ0) is 15.1. The van der Waals surface area contributed by atoms with Crippen LogP contribution in [-0.4, -0.2) is 47.0 Å². The van der Waals surface area contributed by atoms with Crippen LogP contribution in [0.15, 0.2) is 18.5 Å². The van der Waals surface area contributed by atoms with E-state index in [9.17, 15) is 4.79 Å². The highest BCUT2D eigenvalue weighted by molar-refractivity contribution is 5.79. The van der Waals surface area contributed by atoms with Gasteiger partial charge in [-0.05, 0) is 18.9 Å². The van der Waals surface area contributed by atoms with Gasteiger partial charge in [0.05, 0.1) is 0 Å². The first-order valence-electron chi connectivity index (χ1n) is 8.07. The molecule has 1 amide bonds.